The first-order valence-electron chi connectivity index (χ1n) is 19.0. The number of rotatable bonds is 5. The van der Waals surface area contributed by atoms with E-state index < -0.39 is 0 Å². The lowest BCUT2D eigenvalue weighted by molar-refractivity contribution is 0.669. The van der Waals surface area contributed by atoms with Crippen LogP contribution in [0.1, 0.15) is 0 Å². The van der Waals surface area contributed by atoms with Crippen molar-refractivity contribution in [1.29, 1.82) is 0 Å². The fourth-order valence-electron chi connectivity index (χ4n) is 8.32. The maximum Gasteiger partial charge on any atom is 0.164 e. The van der Waals surface area contributed by atoms with E-state index in [2.05, 4.69) is 156 Å². The Hall–Kier alpha value is -7.41. The average molecular weight is 747 g/mol. The molecular formula is C51H30N4OS. The number of aromatic nitrogens is 4. The first-order chi connectivity index (χ1) is 28.2. The van der Waals surface area contributed by atoms with Crippen LogP contribution < -0.4 is 0 Å². The van der Waals surface area contributed by atoms with Crippen molar-refractivity contribution in [3.63, 3.8) is 0 Å². The fourth-order valence-corrected chi connectivity index (χ4v) is 9.45. The lowest BCUT2D eigenvalue weighted by atomic mass is 10.0. The smallest absolute Gasteiger partial charge is 0.164 e. The molecule has 12 rings (SSSR count). The molecule has 12 aromatic rings. The van der Waals surface area contributed by atoms with E-state index in [0.717, 1.165) is 44.3 Å². The van der Waals surface area contributed by atoms with Crippen LogP contribution >= 0.6 is 11.3 Å². The molecule has 8 aromatic carbocycles. The van der Waals surface area contributed by atoms with Crippen LogP contribution in [0, 0.1) is 0 Å². The molecule has 0 aliphatic heterocycles. The summed E-state index contributed by atoms with van der Waals surface area (Å²) < 4.78 is 11.3. The van der Waals surface area contributed by atoms with Crippen molar-refractivity contribution >= 4 is 75.3 Å². The molecule has 0 fully saturated rings. The summed E-state index contributed by atoms with van der Waals surface area (Å²) in [5.41, 5.74) is 10.2. The van der Waals surface area contributed by atoms with Gasteiger partial charge < -0.3 is 8.98 Å². The van der Waals surface area contributed by atoms with E-state index >= 15 is 0 Å². The highest BCUT2D eigenvalue weighted by Crippen LogP contribution is 2.40. The third kappa shape index (κ3) is 5.19. The molecule has 0 radical (unpaired) electrons. The molecule has 4 aromatic heterocycles. The molecule has 0 aliphatic rings. The van der Waals surface area contributed by atoms with Crippen molar-refractivity contribution in [3.05, 3.63) is 182 Å². The predicted molar refractivity (Wildman–Crippen MR) is 236 cm³/mol. The van der Waals surface area contributed by atoms with Gasteiger partial charge in [0.2, 0.25) is 0 Å². The van der Waals surface area contributed by atoms with Gasteiger partial charge in [0.15, 0.2) is 17.5 Å². The van der Waals surface area contributed by atoms with E-state index in [1.165, 1.54) is 53.1 Å². The summed E-state index contributed by atoms with van der Waals surface area (Å²) >= 11 is 1.79. The largest absolute Gasteiger partial charge is 0.456 e. The van der Waals surface area contributed by atoms with E-state index in [-0.39, 0.29) is 0 Å². The van der Waals surface area contributed by atoms with Gasteiger partial charge in [-0.1, -0.05) is 121 Å². The summed E-state index contributed by atoms with van der Waals surface area (Å²) in [5.74, 6) is 1.85. The van der Waals surface area contributed by atoms with Gasteiger partial charge in [0.05, 0.1) is 11.0 Å². The maximum absolute atomic E-state index is 6.53. The molecule has 6 heteroatoms. The van der Waals surface area contributed by atoms with Gasteiger partial charge in [-0.25, -0.2) is 15.0 Å². The number of benzene rings is 8. The van der Waals surface area contributed by atoms with Crippen LogP contribution in [0.4, 0.5) is 0 Å². The molecule has 0 saturated heterocycles. The van der Waals surface area contributed by atoms with Crippen LogP contribution in [0.25, 0.3) is 115 Å². The van der Waals surface area contributed by atoms with Crippen molar-refractivity contribution in [2.24, 2.45) is 0 Å². The number of nitrogens with zero attached hydrogens (tertiary/aromatic N) is 4. The average Bonchev–Trinajstić information content (AvgIpc) is 3.95. The standard InChI is InChI=1S/C51H30N4OS/c1-3-11-31(12-4-1)33-21-26-47-42(27-33)40-24-20-35(29-48(40)57-47)51-53-49(32-13-5-2-6-14-32)52-50(54-51)34-19-23-39-41-30-36(22-25-45(41)56-46(39)28-34)55-43-17-9-7-15-37(43)38-16-8-10-18-44(38)55/h1-30H. The van der Waals surface area contributed by atoms with Gasteiger partial charge in [-0.15, -0.1) is 11.3 Å². The number of hydrogen-bond donors (Lipinski definition) is 0. The van der Waals surface area contributed by atoms with Crippen LogP contribution in [0.3, 0.4) is 0 Å². The Morgan fingerprint density at radius 2 is 0.947 bits per heavy atom. The Kier molecular flexibility index (Phi) is 7.03. The Bertz CT molecular complexity index is 3470. The summed E-state index contributed by atoms with van der Waals surface area (Å²) in [6.07, 6.45) is 0. The van der Waals surface area contributed by atoms with Crippen LogP contribution in [-0.2, 0) is 0 Å². The summed E-state index contributed by atoms with van der Waals surface area (Å²) in [7, 11) is 0. The summed E-state index contributed by atoms with van der Waals surface area (Å²) in [6.45, 7) is 0. The Balaban J connectivity index is 0.972. The molecule has 0 unspecified atom stereocenters. The molecule has 0 spiro atoms. The number of para-hydroxylation sites is 2. The van der Waals surface area contributed by atoms with Gasteiger partial charge in [-0.3, -0.25) is 0 Å². The Morgan fingerprint density at radius 1 is 0.351 bits per heavy atom. The molecule has 0 amide bonds. The first-order valence-corrected chi connectivity index (χ1v) is 19.8. The molecule has 4 heterocycles. The lowest BCUT2D eigenvalue weighted by Crippen LogP contribution is -2.00. The lowest BCUT2D eigenvalue weighted by Gasteiger charge is -2.09. The van der Waals surface area contributed by atoms with Crippen molar-refractivity contribution in [2.75, 3.05) is 0 Å². The molecule has 0 atom stereocenters. The van der Waals surface area contributed by atoms with E-state index in [1.807, 2.05) is 30.3 Å². The van der Waals surface area contributed by atoms with E-state index in [0.29, 0.717) is 17.5 Å². The maximum atomic E-state index is 6.53. The van der Waals surface area contributed by atoms with E-state index in [4.69, 9.17) is 19.4 Å². The minimum absolute atomic E-state index is 0.594. The second kappa shape index (κ2) is 12.6. The predicted octanol–water partition coefficient (Wildman–Crippen LogP) is 13.9. The topological polar surface area (TPSA) is 56.7 Å². The van der Waals surface area contributed by atoms with Crippen molar-refractivity contribution in [3.8, 4) is 51.0 Å². The molecule has 266 valence electrons. The van der Waals surface area contributed by atoms with Gasteiger partial charge in [-0.05, 0) is 71.8 Å². The molecule has 57 heavy (non-hydrogen) atoms. The monoisotopic (exact) mass is 746 g/mol. The van der Waals surface area contributed by atoms with Gasteiger partial charge in [0.1, 0.15) is 11.2 Å². The third-order valence-electron chi connectivity index (χ3n) is 11.1. The number of hydrogen-bond acceptors (Lipinski definition) is 5. The SMILES string of the molecule is c1ccc(-c2ccc3sc4cc(-c5nc(-c6ccccc6)nc(-c6ccc7c(c6)oc6ccc(-n8c9ccccc9c9ccccc98)cc67)n5)ccc4c3c2)cc1. The van der Waals surface area contributed by atoms with E-state index in [1.54, 1.807) is 11.3 Å². The normalized spacial score (nSPS) is 11.9. The second-order valence-corrected chi connectivity index (χ2v) is 15.5. The summed E-state index contributed by atoms with van der Waals surface area (Å²) in [6, 6.07) is 63.9. The quantitative estimate of drug-likeness (QED) is 0.176. The Labute approximate surface area is 330 Å². The van der Waals surface area contributed by atoms with Crippen LogP contribution in [0.2, 0.25) is 0 Å². The number of furan rings is 1. The molecule has 0 aliphatic carbocycles. The molecule has 0 bridgehead atoms. The van der Waals surface area contributed by atoms with Crippen molar-refractivity contribution < 1.29 is 4.42 Å². The molecule has 5 nitrogen and oxygen atoms in total. The molecular weight excluding hydrogens is 717 g/mol. The minimum atomic E-state index is 0.594. The van der Waals surface area contributed by atoms with Crippen LogP contribution in [0.15, 0.2) is 186 Å². The first kappa shape index (κ1) is 31.9. The number of thiophene rings is 1. The molecule has 0 N–H and O–H groups in total. The van der Waals surface area contributed by atoms with E-state index in [9.17, 15) is 0 Å². The highest BCUT2D eigenvalue weighted by molar-refractivity contribution is 7.25. The van der Waals surface area contributed by atoms with Crippen molar-refractivity contribution in [2.45, 2.75) is 0 Å². The van der Waals surface area contributed by atoms with Crippen LogP contribution in [-0.4, -0.2) is 19.5 Å². The third-order valence-corrected chi connectivity index (χ3v) is 12.2. The minimum Gasteiger partial charge on any atom is -0.456 e. The highest BCUT2D eigenvalue weighted by atomic mass is 32.1. The number of fused-ring (bicyclic) bond motifs is 9. The zero-order valence-electron chi connectivity index (χ0n) is 30.4. The second-order valence-electron chi connectivity index (χ2n) is 14.4. The zero-order chi connectivity index (χ0) is 37.5. The van der Waals surface area contributed by atoms with Gasteiger partial charge in [0, 0.05) is 64.1 Å². The summed E-state index contributed by atoms with van der Waals surface area (Å²) in [5, 5.41) is 7.06. The van der Waals surface area contributed by atoms with Crippen molar-refractivity contribution in [1.82, 2.24) is 19.5 Å². The molecule has 0 saturated carbocycles. The van der Waals surface area contributed by atoms with Gasteiger partial charge in [-0.2, -0.15) is 0 Å². The summed E-state index contributed by atoms with van der Waals surface area (Å²) in [4.78, 5) is 15.2. The van der Waals surface area contributed by atoms with Crippen LogP contribution in [0.5, 0.6) is 0 Å². The highest BCUT2D eigenvalue weighted by Gasteiger charge is 2.18. The fraction of sp³-hybridized carbons (Fsp3) is 0. The Morgan fingerprint density at radius 3 is 1.67 bits per heavy atom. The van der Waals surface area contributed by atoms with Gasteiger partial charge >= 0.3 is 0 Å². The zero-order valence-corrected chi connectivity index (χ0v) is 31.2. The van der Waals surface area contributed by atoms with Gasteiger partial charge in [0.25, 0.3) is 0 Å².